The van der Waals surface area contributed by atoms with Crippen LogP contribution in [0.4, 0.5) is 0 Å². The van der Waals surface area contributed by atoms with Crippen molar-refractivity contribution in [2.24, 2.45) is 46.3 Å². The number of carboxylic acids is 1. The fourth-order valence-electron chi connectivity index (χ4n) is 8.77. The lowest BCUT2D eigenvalue weighted by Gasteiger charge is -2.63. The fourth-order valence-corrected chi connectivity index (χ4v) is 8.77. The van der Waals surface area contributed by atoms with Gasteiger partial charge in [-0.2, -0.15) is 0 Å². The molecule has 4 saturated carbocycles. The SMILES string of the molecule is C[C@H](CCC(=O)O)[C@H]1CCC2[C@@H]3[C@H](O)[C@@H](O)[C@@H]4C[C@H](O)CC[C@]4(C)[C@H]3CC[C@@]21C. The summed E-state index contributed by atoms with van der Waals surface area (Å²) in [6.45, 7) is 6.89. The molecule has 5 nitrogen and oxygen atoms in total. The molecule has 29 heavy (non-hydrogen) atoms. The van der Waals surface area contributed by atoms with Crippen LogP contribution in [0.1, 0.15) is 78.6 Å². The van der Waals surface area contributed by atoms with Crippen LogP contribution < -0.4 is 0 Å². The van der Waals surface area contributed by atoms with Gasteiger partial charge in [0.25, 0.3) is 0 Å². The molecule has 0 spiro atoms. The van der Waals surface area contributed by atoms with Gasteiger partial charge in [-0.25, -0.2) is 0 Å². The number of aliphatic hydroxyl groups is 3. The van der Waals surface area contributed by atoms with Gasteiger partial charge < -0.3 is 20.4 Å². The molecule has 11 atom stereocenters. The topological polar surface area (TPSA) is 98.0 Å². The van der Waals surface area contributed by atoms with Gasteiger partial charge in [0.1, 0.15) is 0 Å². The fraction of sp³-hybridized carbons (Fsp3) is 0.958. The van der Waals surface area contributed by atoms with Crippen molar-refractivity contribution < 1.29 is 25.2 Å². The summed E-state index contributed by atoms with van der Waals surface area (Å²) in [6, 6.07) is 0. The number of aliphatic hydroxyl groups excluding tert-OH is 3. The number of fused-ring (bicyclic) bond motifs is 5. The lowest BCUT2D eigenvalue weighted by atomic mass is 9.43. The van der Waals surface area contributed by atoms with E-state index in [9.17, 15) is 20.1 Å². The van der Waals surface area contributed by atoms with Crippen molar-refractivity contribution in [2.75, 3.05) is 0 Å². The van der Waals surface area contributed by atoms with Crippen LogP contribution in [-0.2, 0) is 4.79 Å². The van der Waals surface area contributed by atoms with E-state index < -0.39 is 18.2 Å². The van der Waals surface area contributed by atoms with Crippen molar-refractivity contribution in [3.63, 3.8) is 0 Å². The first-order chi connectivity index (χ1) is 13.6. The summed E-state index contributed by atoms with van der Waals surface area (Å²) in [5, 5.41) is 41.7. The summed E-state index contributed by atoms with van der Waals surface area (Å²) in [6.07, 6.45) is 5.87. The second-order valence-corrected chi connectivity index (χ2v) is 11.5. The van der Waals surface area contributed by atoms with E-state index in [1.807, 2.05) is 0 Å². The predicted octanol–water partition coefficient (Wildman–Crippen LogP) is 3.45. The lowest BCUT2D eigenvalue weighted by Crippen LogP contribution is -2.64. The molecule has 0 amide bonds. The molecule has 4 aliphatic rings. The monoisotopic (exact) mass is 408 g/mol. The van der Waals surface area contributed by atoms with E-state index in [1.54, 1.807) is 0 Å². The standard InChI is InChI=1S/C24H40O5/c1-13(4-7-19(26)27)15-5-6-16-20-17(9-11-23(15,16)2)24(3)10-8-14(25)12-18(24)21(28)22(20)29/h13-18,20-22,25,28-29H,4-12H2,1-3H3,(H,26,27)/t13-,14-,15-,16?,17+,18+,20+,21+,22+,23-,24-/m1/s1. The largest absolute Gasteiger partial charge is 0.481 e. The molecule has 4 fully saturated rings. The van der Waals surface area contributed by atoms with Crippen molar-refractivity contribution in [3.05, 3.63) is 0 Å². The number of rotatable bonds is 4. The molecule has 0 aliphatic heterocycles. The summed E-state index contributed by atoms with van der Waals surface area (Å²) in [5.74, 6) is 1.06. The Morgan fingerprint density at radius 2 is 1.59 bits per heavy atom. The van der Waals surface area contributed by atoms with Crippen molar-refractivity contribution in [3.8, 4) is 0 Å². The molecule has 4 aliphatic carbocycles. The molecule has 166 valence electrons. The summed E-state index contributed by atoms with van der Waals surface area (Å²) in [7, 11) is 0. The summed E-state index contributed by atoms with van der Waals surface area (Å²) in [5.41, 5.74) is 0.119. The number of carboxylic acid groups (broad SMARTS) is 1. The molecule has 0 saturated heterocycles. The lowest BCUT2D eigenvalue weighted by molar-refractivity contribution is -0.223. The number of hydrogen-bond acceptors (Lipinski definition) is 4. The van der Waals surface area contributed by atoms with E-state index in [4.69, 9.17) is 5.11 Å². The third-order valence-electron chi connectivity index (χ3n) is 10.3. The van der Waals surface area contributed by atoms with Crippen LogP contribution in [0.25, 0.3) is 0 Å². The molecular weight excluding hydrogens is 368 g/mol. The molecule has 0 bridgehead atoms. The summed E-state index contributed by atoms with van der Waals surface area (Å²) in [4.78, 5) is 11.1. The predicted molar refractivity (Wildman–Crippen MR) is 110 cm³/mol. The Morgan fingerprint density at radius 3 is 2.28 bits per heavy atom. The first-order valence-corrected chi connectivity index (χ1v) is 11.9. The van der Waals surface area contributed by atoms with Gasteiger partial charge in [-0.3, -0.25) is 4.79 Å². The average molecular weight is 409 g/mol. The molecule has 4 N–H and O–H groups in total. The third-order valence-corrected chi connectivity index (χ3v) is 10.3. The molecule has 0 aromatic carbocycles. The maximum atomic E-state index is 11.3. The minimum atomic E-state index is -0.748. The van der Waals surface area contributed by atoms with Gasteiger partial charge in [-0.05, 0) is 97.7 Å². The average Bonchev–Trinajstić information content (AvgIpc) is 3.02. The highest BCUT2D eigenvalue weighted by Gasteiger charge is 2.65. The van der Waals surface area contributed by atoms with Crippen molar-refractivity contribution in [1.82, 2.24) is 0 Å². The van der Waals surface area contributed by atoms with Crippen LogP contribution >= 0.6 is 0 Å². The first kappa shape index (κ1) is 21.6. The molecule has 1 unspecified atom stereocenters. The zero-order chi connectivity index (χ0) is 21.1. The molecule has 0 radical (unpaired) electrons. The maximum Gasteiger partial charge on any atom is 0.303 e. The van der Waals surface area contributed by atoms with E-state index in [1.165, 1.54) is 0 Å². The van der Waals surface area contributed by atoms with Gasteiger partial charge in [-0.15, -0.1) is 0 Å². The summed E-state index contributed by atoms with van der Waals surface area (Å²) >= 11 is 0. The Balaban J connectivity index is 1.59. The van der Waals surface area contributed by atoms with Crippen LogP contribution in [0.15, 0.2) is 0 Å². The van der Waals surface area contributed by atoms with Crippen LogP contribution in [0, 0.1) is 46.3 Å². The van der Waals surface area contributed by atoms with Gasteiger partial charge in [0, 0.05) is 6.42 Å². The highest BCUT2D eigenvalue weighted by atomic mass is 16.4. The van der Waals surface area contributed by atoms with E-state index in [0.29, 0.717) is 30.1 Å². The Morgan fingerprint density at radius 1 is 0.931 bits per heavy atom. The first-order valence-electron chi connectivity index (χ1n) is 11.9. The van der Waals surface area contributed by atoms with Gasteiger partial charge in [0.2, 0.25) is 0 Å². The molecule has 5 heteroatoms. The van der Waals surface area contributed by atoms with Crippen molar-refractivity contribution >= 4 is 5.97 Å². The van der Waals surface area contributed by atoms with Crippen molar-refractivity contribution in [2.45, 2.75) is 96.9 Å². The smallest absolute Gasteiger partial charge is 0.303 e. The Bertz CT molecular complexity index is 637. The van der Waals surface area contributed by atoms with Gasteiger partial charge in [-0.1, -0.05) is 20.8 Å². The number of aliphatic carboxylic acids is 1. The van der Waals surface area contributed by atoms with Crippen LogP contribution in [-0.4, -0.2) is 44.7 Å². The van der Waals surface area contributed by atoms with Crippen LogP contribution in [0.3, 0.4) is 0 Å². The third kappa shape index (κ3) is 3.27. The quantitative estimate of drug-likeness (QED) is 0.571. The second-order valence-electron chi connectivity index (χ2n) is 11.5. The minimum absolute atomic E-state index is 0.00309. The Kier molecular flexibility index (Phi) is 5.57. The maximum absolute atomic E-state index is 11.3. The van der Waals surface area contributed by atoms with Gasteiger partial charge in [0.15, 0.2) is 0 Å². The molecular formula is C24H40O5. The minimum Gasteiger partial charge on any atom is -0.481 e. The normalized spacial score (nSPS) is 52.9. The van der Waals surface area contributed by atoms with E-state index in [2.05, 4.69) is 20.8 Å². The molecule has 0 aromatic rings. The number of hydrogen-bond donors (Lipinski definition) is 4. The van der Waals surface area contributed by atoms with Crippen molar-refractivity contribution in [1.29, 1.82) is 0 Å². The summed E-state index contributed by atoms with van der Waals surface area (Å²) < 4.78 is 0. The Labute approximate surface area is 174 Å². The van der Waals surface area contributed by atoms with E-state index in [-0.39, 0.29) is 35.2 Å². The zero-order valence-electron chi connectivity index (χ0n) is 18.3. The van der Waals surface area contributed by atoms with Gasteiger partial charge in [0.05, 0.1) is 18.3 Å². The molecule has 0 heterocycles. The molecule has 0 aromatic heterocycles. The van der Waals surface area contributed by atoms with E-state index in [0.717, 1.165) is 44.9 Å². The second kappa shape index (κ2) is 7.49. The Hall–Kier alpha value is -0.650. The highest BCUT2D eigenvalue weighted by molar-refractivity contribution is 5.66. The highest BCUT2D eigenvalue weighted by Crippen LogP contribution is 2.68. The van der Waals surface area contributed by atoms with E-state index >= 15 is 0 Å². The zero-order valence-corrected chi connectivity index (χ0v) is 18.3. The van der Waals surface area contributed by atoms with Gasteiger partial charge >= 0.3 is 5.97 Å². The number of carbonyl (C=O) groups is 1. The van der Waals surface area contributed by atoms with Crippen LogP contribution in [0.2, 0.25) is 0 Å². The molecule has 4 rings (SSSR count). The van der Waals surface area contributed by atoms with Crippen LogP contribution in [0.5, 0.6) is 0 Å².